The molecular formula is C39H48BrN3O7. The van der Waals surface area contributed by atoms with Crippen LogP contribution in [0.15, 0.2) is 86.0 Å². The van der Waals surface area contributed by atoms with Crippen molar-refractivity contribution in [3.63, 3.8) is 0 Å². The molecule has 3 fully saturated rings. The second-order valence-electron chi connectivity index (χ2n) is 13.8. The Bertz CT molecular complexity index is 1560. The van der Waals surface area contributed by atoms with Crippen molar-refractivity contribution in [1.82, 2.24) is 15.1 Å². The summed E-state index contributed by atoms with van der Waals surface area (Å²) in [6.45, 7) is 13.2. The SMILES string of the molecule is C=CCCC(=O)N[C@H](C)[C@@H](OC(=O)[C@H]1[C@@H]2O[C@@]3(CC2Br)[C@@H]1C(=O)N([C@@H](CO)C(C)C)[C@@H]3C(=O)N(CC=C)Cc1ccccc1)c1ccccc1. The number of hydrogen-bond acceptors (Lipinski definition) is 7. The van der Waals surface area contributed by atoms with Crippen LogP contribution in [0.5, 0.6) is 0 Å². The molecular weight excluding hydrogens is 702 g/mol. The number of benzene rings is 2. The molecule has 0 radical (unpaired) electrons. The van der Waals surface area contributed by atoms with Gasteiger partial charge in [-0.25, -0.2) is 0 Å². The first-order chi connectivity index (χ1) is 24.0. The molecule has 1 unspecified atom stereocenters. The number of fused-ring (bicyclic) bond motifs is 1. The maximum absolute atomic E-state index is 14.8. The number of likely N-dealkylation sites (tertiary alicyclic amines) is 1. The fraction of sp³-hybridized carbons (Fsp3) is 0.487. The minimum atomic E-state index is -1.35. The molecule has 3 amide bonds. The van der Waals surface area contributed by atoms with Crippen LogP contribution in [-0.2, 0) is 35.2 Å². The third-order valence-electron chi connectivity index (χ3n) is 10.2. The Morgan fingerprint density at radius 1 is 1.10 bits per heavy atom. The van der Waals surface area contributed by atoms with Crippen molar-refractivity contribution in [2.24, 2.45) is 17.8 Å². The summed E-state index contributed by atoms with van der Waals surface area (Å²) in [5.41, 5.74) is 0.242. The van der Waals surface area contributed by atoms with E-state index in [4.69, 9.17) is 9.47 Å². The molecule has 3 aliphatic heterocycles. The lowest BCUT2D eigenvalue weighted by Crippen LogP contribution is -2.59. The van der Waals surface area contributed by atoms with E-state index in [-0.39, 0.29) is 48.7 Å². The zero-order chi connectivity index (χ0) is 36.2. The maximum atomic E-state index is 14.8. The summed E-state index contributed by atoms with van der Waals surface area (Å²) in [7, 11) is 0. The predicted molar refractivity (Wildman–Crippen MR) is 193 cm³/mol. The van der Waals surface area contributed by atoms with E-state index in [9.17, 15) is 24.3 Å². The number of hydrogen-bond donors (Lipinski definition) is 2. The topological polar surface area (TPSA) is 125 Å². The number of nitrogens with zero attached hydrogens (tertiary/aromatic N) is 2. The number of halogens is 1. The van der Waals surface area contributed by atoms with Crippen LogP contribution >= 0.6 is 15.9 Å². The van der Waals surface area contributed by atoms with E-state index < -0.39 is 59.6 Å². The lowest BCUT2D eigenvalue weighted by Gasteiger charge is -2.40. The van der Waals surface area contributed by atoms with Crippen LogP contribution in [-0.4, -0.2) is 86.4 Å². The standard InChI is InChI=1S/C39H48BrN3O7/c1-6-8-19-30(45)41-25(5)33(27-17-13-10-14-18-27)49-38(48)31-32-36(46)43(29(23-44)24(3)4)35(39(32)21-28(40)34(31)50-39)37(47)42(20-7-2)22-26-15-11-9-12-16-26/h6-7,9-18,24-25,28-29,31-35,44H,1-2,8,19-23H2,3-5H3,(H,41,45)/t25-,28?,29+,31-,32+,33-,34-,35-,39+/m1/s1. The highest BCUT2D eigenvalue weighted by Crippen LogP contribution is 2.61. The van der Waals surface area contributed by atoms with Crippen LogP contribution in [0, 0.1) is 17.8 Å². The number of carbonyl (C=O) groups excluding carboxylic acids is 4. The molecule has 11 heteroatoms. The van der Waals surface area contributed by atoms with Crippen molar-refractivity contribution in [3.05, 3.63) is 97.1 Å². The van der Waals surface area contributed by atoms with Gasteiger partial charge in [0.2, 0.25) is 17.7 Å². The number of rotatable bonds is 16. The van der Waals surface area contributed by atoms with Crippen molar-refractivity contribution >= 4 is 39.6 Å². The Morgan fingerprint density at radius 3 is 2.36 bits per heavy atom. The number of esters is 1. The van der Waals surface area contributed by atoms with Crippen molar-refractivity contribution in [2.75, 3.05) is 13.2 Å². The predicted octanol–water partition coefficient (Wildman–Crippen LogP) is 4.72. The normalized spacial score (nSPS) is 27.0. The first-order valence-corrected chi connectivity index (χ1v) is 18.2. The van der Waals surface area contributed by atoms with Gasteiger partial charge in [0.05, 0.1) is 36.6 Å². The van der Waals surface area contributed by atoms with Gasteiger partial charge in [0.15, 0.2) is 0 Å². The van der Waals surface area contributed by atoms with Crippen LogP contribution in [0.25, 0.3) is 0 Å². The molecule has 2 N–H and O–H groups in total. The second-order valence-corrected chi connectivity index (χ2v) is 15.0. The Hall–Kier alpha value is -3.80. The maximum Gasteiger partial charge on any atom is 0.313 e. The average molecular weight is 751 g/mol. The van der Waals surface area contributed by atoms with E-state index in [1.54, 1.807) is 24.0 Å². The molecule has 0 saturated carbocycles. The van der Waals surface area contributed by atoms with Gasteiger partial charge >= 0.3 is 5.97 Å². The molecule has 2 aromatic carbocycles. The Balaban J connectivity index is 1.52. The lowest BCUT2D eigenvalue weighted by molar-refractivity contribution is -0.162. The monoisotopic (exact) mass is 749 g/mol. The van der Waals surface area contributed by atoms with E-state index in [0.717, 1.165) is 5.56 Å². The Labute approximate surface area is 303 Å². The summed E-state index contributed by atoms with van der Waals surface area (Å²) in [5, 5.41) is 13.6. The highest BCUT2D eigenvalue weighted by molar-refractivity contribution is 9.09. The van der Waals surface area contributed by atoms with Crippen molar-refractivity contribution in [3.8, 4) is 0 Å². The molecule has 9 atom stereocenters. The van der Waals surface area contributed by atoms with Gasteiger partial charge in [0.1, 0.15) is 17.7 Å². The number of aliphatic hydroxyl groups is 1. The third kappa shape index (κ3) is 7.18. The number of nitrogens with one attached hydrogen (secondary N) is 1. The van der Waals surface area contributed by atoms with Crippen molar-refractivity contribution in [2.45, 2.75) is 87.3 Å². The zero-order valence-electron chi connectivity index (χ0n) is 29.0. The molecule has 0 aliphatic carbocycles. The van der Waals surface area contributed by atoms with Crippen molar-refractivity contribution < 1.29 is 33.8 Å². The summed E-state index contributed by atoms with van der Waals surface area (Å²) < 4.78 is 13.0. The van der Waals surface area contributed by atoms with Crippen LogP contribution in [0.4, 0.5) is 0 Å². The van der Waals surface area contributed by atoms with Gasteiger partial charge in [-0.3, -0.25) is 19.2 Å². The summed E-state index contributed by atoms with van der Waals surface area (Å²) in [4.78, 5) is 59.5. The minimum absolute atomic E-state index is 0.202. The minimum Gasteiger partial charge on any atom is -0.455 e. The molecule has 50 heavy (non-hydrogen) atoms. The molecule has 3 heterocycles. The number of amides is 3. The summed E-state index contributed by atoms with van der Waals surface area (Å²) in [6.07, 6.45) is 2.77. The average Bonchev–Trinajstić information content (AvgIpc) is 3.70. The molecule has 2 bridgehead atoms. The van der Waals surface area contributed by atoms with Gasteiger partial charge in [-0.05, 0) is 36.8 Å². The molecule has 3 saturated heterocycles. The molecule has 5 rings (SSSR count). The van der Waals surface area contributed by atoms with Gasteiger partial charge in [0, 0.05) is 24.3 Å². The van der Waals surface area contributed by atoms with E-state index in [1.807, 2.05) is 74.5 Å². The first kappa shape index (κ1) is 37.5. The molecule has 3 aliphatic rings. The van der Waals surface area contributed by atoms with Crippen LogP contribution < -0.4 is 5.32 Å². The molecule has 1 spiro atoms. The van der Waals surface area contributed by atoms with Gasteiger partial charge in [-0.1, -0.05) is 103 Å². The fourth-order valence-electron chi connectivity index (χ4n) is 7.90. The second kappa shape index (κ2) is 16.0. The number of allylic oxidation sites excluding steroid dienone is 1. The van der Waals surface area contributed by atoms with Gasteiger partial charge in [-0.2, -0.15) is 0 Å². The van der Waals surface area contributed by atoms with Crippen LogP contribution in [0.1, 0.15) is 57.3 Å². The van der Waals surface area contributed by atoms with E-state index in [0.29, 0.717) is 18.4 Å². The van der Waals surface area contributed by atoms with Crippen molar-refractivity contribution in [1.29, 1.82) is 0 Å². The molecule has 2 aromatic rings. The van der Waals surface area contributed by atoms with E-state index >= 15 is 0 Å². The van der Waals surface area contributed by atoms with Gasteiger partial charge < -0.3 is 29.7 Å². The van der Waals surface area contributed by atoms with Crippen LogP contribution in [0.2, 0.25) is 0 Å². The molecule has 268 valence electrons. The number of aliphatic hydroxyl groups excluding tert-OH is 1. The quantitative estimate of drug-likeness (QED) is 0.145. The third-order valence-corrected chi connectivity index (χ3v) is 11.1. The van der Waals surface area contributed by atoms with Gasteiger partial charge in [-0.15, -0.1) is 13.2 Å². The fourth-order valence-corrected chi connectivity index (χ4v) is 8.84. The van der Waals surface area contributed by atoms with Crippen LogP contribution in [0.3, 0.4) is 0 Å². The molecule has 0 aromatic heterocycles. The summed E-state index contributed by atoms with van der Waals surface area (Å²) in [5.74, 6) is -3.87. The largest absolute Gasteiger partial charge is 0.455 e. The lowest BCUT2D eigenvalue weighted by atomic mass is 9.70. The number of alkyl halides is 1. The summed E-state index contributed by atoms with van der Waals surface area (Å²) >= 11 is 3.74. The van der Waals surface area contributed by atoms with E-state index in [1.165, 1.54) is 4.90 Å². The Morgan fingerprint density at radius 2 is 1.76 bits per heavy atom. The first-order valence-electron chi connectivity index (χ1n) is 17.3. The zero-order valence-corrected chi connectivity index (χ0v) is 30.5. The van der Waals surface area contributed by atoms with E-state index in [2.05, 4.69) is 34.4 Å². The molecule has 10 nitrogen and oxygen atoms in total. The van der Waals surface area contributed by atoms with Gasteiger partial charge in [0.25, 0.3) is 0 Å². The highest BCUT2D eigenvalue weighted by atomic mass is 79.9. The Kier molecular flexibility index (Phi) is 12.0. The smallest absolute Gasteiger partial charge is 0.313 e. The number of ether oxygens (including phenoxy) is 2. The number of carbonyl (C=O) groups is 4. The highest BCUT2D eigenvalue weighted by Gasteiger charge is 2.77. The summed E-state index contributed by atoms with van der Waals surface area (Å²) in [6, 6.07) is 16.3.